The van der Waals surface area contributed by atoms with E-state index < -0.39 is 0 Å². The number of rotatable bonds is 2. The van der Waals surface area contributed by atoms with E-state index >= 15 is 0 Å². The molecule has 1 heteroatoms. The molecular formula is C10H15N. The molecule has 0 atom stereocenters. The smallest absolute Gasteiger partial charge is 0.0991 e. The van der Waals surface area contributed by atoms with Crippen LogP contribution in [-0.4, -0.2) is 0 Å². The molecule has 0 aliphatic heterocycles. The molecule has 11 heavy (non-hydrogen) atoms. The number of allylic oxidation sites excluding steroid dienone is 4. The number of hydrogen-bond acceptors (Lipinski definition) is 1. The van der Waals surface area contributed by atoms with Crippen molar-refractivity contribution in [3.8, 4) is 6.07 Å². The zero-order valence-electron chi connectivity index (χ0n) is 7.73. The number of hydrogen-bond donors (Lipinski definition) is 0. The third-order valence-electron chi connectivity index (χ3n) is 1.68. The van der Waals surface area contributed by atoms with E-state index in [-0.39, 0.29) is 0 Å². The van der Waals surface area contributed by atoms with Crippen molar-refractivity contribution in [1.29, 1.82) is 5.26 Å². The van der Waals surface area contributed by atoms with E-state index in [1.165, 1.54) is 5.57 Å². The molecule has 0 aliphatic carbocycles. The van der Waals surface area contributed by atoms with Gasteiger partial charge in [0.05, 0.1) is 11.6 Å². The van der Waals surface area contributed by atoms with Crippen LogP contribution in [0.4, 0.5) is 0 Å². The minimum absolute atomic E-state index is 0.813. The van der Waals surface area contributed by atoms with Crippen LogP contribution in [0.25, 0.3) is 0 Å². The predicted molar refractivity (Wildman–Crippen MR) is 48.0 cm³/mol. The topological polar surface area (TPSA) is 23.8 Å². The molecule has 0 amide bonds. The fourth-order valence-corrected chi connectivity index (χ4v) is 0.756. The van der Waals surface area contributed by atoms with Crippen LogP contribution < -0.4 is 0 Å². The summed E-state index contributed by atoms with van der Waals surface area (Å²) in [5, 5.41) is 8.72. The molecule has 0 bridgehead atoms. The molecule has 60 valence electrons. The average molecular weight is 149 g/mol. The largest absolute Gasteiger partial charge is 0.192 e. The van der Waals surface area contributed by atoms with Crippen molar-refractivity contribution in [2.75, 3.05) is 0 Å². The van der Waals surface area contributed by atoms with Gasteiger partial charge in [-0.2, -0.15) is 5.26 Å². The summed E-state index contributed by atoms with van der Waals surface area (Å²) >= 11 is 0. The molecular weight excluding hydrogens is 134 g/mol. The highest BCUT2D eigenvalue weighted by Gasteiger charge is 1.97. The van der Waals surface area contributed by atoms with Gasteiger partial charge in [-0.3, -0.25) is 0 Å². The van der Waals surface area contributed by atoms with E-state index in [0.29, 0.717) is 0 Å². The molecule has 0 rings (SSSR count). The second-order valence-electron chi connectivity index (χ2n) is 2.76. The molecule has 0 radical (unpaired) electrons. The fourth-order valence-electron chi connectivity index (χ4n) is 0.756. The van der Waals surface area contributed by atoms with Crippen LogP contribution in [0.1, 0.15) is 34.1 Å². The summed E-state index contributed by atoms with van der Waals surface area (Å²) in [6.07, 6.45) is 2.88. The minimum Gasteiger partial charge on any atom is -0.192 e. The lowest BCUT2D eigenvalue weighted by atomic mass is 10.0. The van der Waals surface area contributed by atoms with Crippen LogP contribution in [0.15, 0.2) is 22.8 Å². The van der Waals surface area contributed by atoms with Gasteiger partial charge in [0.15, 0.2) is 0 Å². The normalized spacial score (nSPS) is 10.6. The van der Waals surface area contributed by atoms with Crippen molar-refractivity contribution in [2.45, 2.75) is 34.1 Å². The van der Waals surface area contributed by atoms with Crippen LogP contribution in [0.5, 0.6) is 0 Å². The van der Waals surface area contributed by atoms with Gasteiger partial charge in [0.25, 0.3) is 0 Å². The molecule has 0 aliphatic rings. The lowest BCUT2D eigenvalue weighted by molar-refractivity contribution is 1.18. The van der Waals surface area contributed by atoms with Crippen molar-refractivity contribution in [3.63, 3.8) is 0 Å². The maximum atomic E-state index is 8.72. The Kier molecular flexibility index (Phi) is 4.29. The molecule has 0 aromatic rings. The third-order valence-corrected chi connectivity index (χ3v) is 1.68. The van der Waals surface area contributed by atoms with E-state index in [1.807, 2.05) is 33.8 Å². The Morgan fingerprint density at radius 3 is 2.18 bits per heavy atom. The van der Waals surface area contributed by atoms with E-state index in [1.54, 1.807) is 0 Å². The molecule has 0 aromatic carbocycles. The summed E-state index contributed by atoms with van der Waals surface area (Å²) in [6.45, 7) is 8.07. The van der Waals surface area contributed by atoms with Gasteiger partial charge >= 0.3 is 0 Å². The van der Waals surface area contributed by atoms with Gasteiger partial charge in [0, 0.05) is 0 Å². The molecule has 0 aromatic heterocycles. The van der Waals surface area contributed by atoms with E-state index in [9.17, 15) is 0 Å². The average Bonchev–Trinajstić information content (AvgIpc) is 1.98. The van der Waals surface area contributed by atoms with Crippen molar-refractivity contribution < 1.29 is 0 Å². The number of nitrogens with zero attached hydrogens (tertiary/aromatic N) is 1. The lowest BCUT2D eigenvalue weighted by Crippen LogP contribution is -1.84. The first-order valence-electron chi connectivity index (χ1n) is 3.88. The van der Waals surface area contributed by atoms with Gasteiger partial charge in [-0.1, -0.05) is 18.6 Å². The van der Waals surface area contributed by atoms with E-state index in [0.717, 1.165) is 17.6 Å². The summed E-state index contributed by atoms with van der Waals surface area (Å²) < 4.78 is 0. The predicted octanol–water partition coefficient (Wildman–Crippen LogP) is 3.20. The molecule has 0 fully saturated rings. The van der Waals surface area contributed by atoms with Crippen molar-refractivity contribution >= 4 is 0 Å². The van der Waals surface area contributed by atoms with Crippen molar-refractivity contribution in [3.05, 3.63) is 22.8 Å². The minimum atomic E-state index is 0.813. The Labute approximate surface area is 69.0 Å². The molecule has 0 spiro atoms. The van der Waals surface area contributed by atoms with Crippen LogP contribution in [0, 0.1) is 11.3 Å². The van der Waals surface area contributed by atoms with Gasteiger partial charge in [-0.15, -0.1) is 0 Å². The van der Waals surface area contributed by atoms with Crippen molar-refractivity contribution in [2.24, 2.45) is 0 Å². The highest BCUT2D eigenvalue weighted by Crippen LogP contribution is 2.13. The summed E-state index contributed by atoms with van der Waals surface area (Å²) in [4.78, 5) is 0. The Bertz CT molecular complexity index is 222. The molecule has 0 saturated heterocycles. The van der Waals surface area contributed by atoms with Gasteiger partial charge in [-0.05, 0) is 32.8 Å². The van der Waals surface area contributed by atoms with E-state index in [2.05, 4.69) is 6.07 Å². The SMILES string of the molecule is CCC=C(C#N)C(C)=C(C)C. The fraction of sp³-hybridized carbons (Fsp3) is 0.500. The van der Waals surface area contributed by atoms with Crippen LogP contribution in [-0.2, 0) is 0 Å². The molecule has 0 unspecified atom stereocenters. The van der Waals surface area contributed by atoms with Gasteiger partial charge in [0.2, 0.25) is 0 Å². The monoisotopic (exact) mass is 149 g/mol. The second kappa shape index (κ2) is 4.73. The van der Waals surface area contributed by atoms with Crippen LogP contribution in [0.3, 0.4) is 0 Å². The summed E-state index contributed by atoms with van der Waals surface area (Å²) in [7, 11) is 0. The zero-order chi connectivity index (χ0) is 8.85. The second-order valence-corrected chi connectivity index (χ2v) is 2.76. The highest BCUT2D eigenvalue weighted by atomic mass is 14.2. The maximum Gasteiger partial charge on any atom is 0.0991 e. The van der Waals surface area contributed by atoms with E-state index in [4.69, 9.17) is 5.26 Å². The zero-order valence-corrected chi connectivity index (χ0v) is 7.73. The Morgan fingerprint density at radius 1 is 1.36 bits per heavy atom. The molecule has 0 heterocycles. The third kappa shape index (κ3) is 3.04. The Morgan fingerprint density at radius 2 is 1.91 bits per heavy atom. The van der Waals surface area contributed by atoms with Crippen molar-refractivity contribution in [1.82, 2.24) is 0 Å². The molecule has 1 nitrogen and oxygen atoms in total. The van der Waals surface area contributed by atoms with Gasteiger partial charge < -0.3 is 0 Å². The lowest BCUT2D eigenvalue weighted by Gasteiger charge is -1.99. The quantitative estimate of drug-likeness (QED) is 0.437. The highest BCUT2D eigenvalue weighted by molar-refractivity contribution is 5.42. The Balaban J connectivity index is 4.71. The van der Waals surface area contributed by atoms with Crippen LogP contribution >= 0.6 is 0 Å². The first-order chi connectivity index (χ1) is 5.13. The first-order valence-corrected chi connectivity index (χ1v) is 3.88. The maximum absolute atomic E-state index is 8.72. The van der Waals surface area contributed by atoms with Gasteiger partial charge in [-0.25, -0.2) is 0 Å². The summed E-state index contributed by atoms with van der Waals surface area (Å²) in [5.74, 6) is 0. The standard InChI is InChI=1S/C10H15N/c1-5-6-10(7-11)9(4)8(2)3/h6H,5H2,1-4H3. The summed E-state index contributed by atoms with van der Waals surface area (Å²) in [5.41, 5.74) is 3.13. The molecule has 0 saturated carbocycles. The molecule has 0 N–H and O–H groups in total. The first kappa shape index (κ1) is 9.97. The van der Waals surface area contributed by atoms with Crippen LogP contribution in [0.2, 0.25) is 0 Å². The summed E-state index contributed by atoms with van der Waals surface area (Å²) in [6, 6.07) is 2.19. The van der Waals surface area contributed by atoms with Gasteiger partial charge in [0.1, 0.15) is 0 Å². The Hall–Kier alpha value is -1.03. The number of nitriles is 1.